The third-order valence-electron chi connectivity index (χ3n) is 3.78. The van der Waals surface area contributed by atoms with Crippen LogP contribution in [0.2, 0.25) is 0 Å². The summed E-state index contributed by atoms with van der Waals surface area (Å²) in [7, 11) is 1.86. The number of anilines is 1. The first kappa shape index (κ1) is 12.6. The van der Waals surface area contributed by atoms with Gasteiger partial charge in [0.05, 0.1) is 10.6 Å². The van der Waals surface area contributed by atoms with E-state index in [4.69, 9.17) is 10.3 Å². The fraction of sp³-hybridized carbons (Fsp3) is 0.357. The van der Waals surface area contributed by atoms with E-state index in [2.05, 4.69) is 15.2 Å². The summed E-state index contributed by atoms with van der Waals surface area (Å²) in [5.41, 5.74) is 9.11. The summed E-state index contributed by atoms with van der Waals surface area (Å²) < 4.78 is 7.15. The standard InChI is InChI=1S/C14H15N5OS/c1-19-7-6-9(17-19)13-16-14(20-18-13)11-8-4-2-3-5-10(8)21-12(11)15/h6-7H,2-5,15H2,1H3. The van der Waals surface area contributed by atoms with Crippen molar-refractivity contribution in [3.63, 3.8) is 0 Å². The van der Waals surface area contributed by atoms with E-state index in [0.717, 1.165) is 23.4 Å². The summed E-state index contributed by atoms with van der Waals surface area (Å²) in [6, 6.07) is 1.86. The second-order valence-electron chi connectivity index (χ2n) is 5.25. The van der Waals surface area contributed by atoms with Crippen molar-refractivity contribution in [2.75, 3.05) is 5.73 Å². The summed E-state index contributed by atoms with van der Waals surface area (Å²) >= 11 is 1.65. The molecule has 6 nitrogen and oxygen atoms in total. The number of nitrogen functional groups attached to an aromatic ring is 1. The minimum atomic E-state index is 0.501. The summed E-state index contributed by atoms with van der Waals surface area (Å²) in [6.07, 6.45) is 6.42. The molecule has 0 atom stereocenters. The van der Waals surface area contributed by atoms with Gasteiger partial charge in [-0.2, -0.15) is 10.1 Å². The zero-order chi connectivity index (χ0) is 14.4. The zero-order valence-corrected chi connectivity index (χ0v) is 12.5. The Morgan fingerprint density at radius 1 is 1.33 bits per heavy atom. The molecule has 1 aliphatic carbocycles. The first-order chi connectivity index (χ1) is 10.2. The third kappa shape index (κ3) is 2.04. The minimum Gasteiger partial charge on any atom is -0.390 e. The Balaban J connectivity index is 1.78. The molecule has 1 aliphatic rings. The highest BCUT2D eigenvalue weighted by Crippen LogP contribution is 2.42. The predicted octanol–water partition coefficient (Wildman–Crippen LogP) is 2.66. The molecule has 3 heterocycles. The van der Waals surface area contributed by atoms with Crippen molar-refractivity contribution < 1.29 is 4.52 Å². The Morgan fingerprint density at radius 2 is 2.19 bits per heavy atom. The highest BCUT2D eigenvalue weighted by atomic mass is 32.1. The minimum absolute atomic E-state index is 0.501. The van der Waals surface area contributed by atoms with Crippen molar-refractivity contribution in [1.82, 2.24) is 19.9 Å². The molecule has 21 heavy (non-hydrogen) atoms. The predicted molar refractivity (Wildman–Crippen MR) is 80.9 cm³/mol. The van der Waals surface area contributed by atoms with Crippen LogP contribution in [0, 0.1) is 0 Å². The fourth-order valence-electron chi connectivity index (χ4n) is 2.79. The molecule has 0 saturated carbocycles. The van der Waals surface area contributed by atoms with Gasteiger partial charge in [0, 0.05) is 18.1 Å². The quantitative estimate of drug-likeness (QED) is 0.786. The molecule has 0 unspecified atom stereocenters. The third-order valence-corrected chi connectivity index (χ3v) is 4.90. The van der Waals surface area contributed by atoms with E-state index in [9.17, 15) is 0 Å². The Kier molecular flexibility index (Phi) is 2.81. The maximum Gasteiger partial charge on any atom is 0.261 e. The van der Waals surface area contributed by atoms with Crippen LogP contribution in [0.5, 0.6) is 0 Å². The fourth-order valence-corrected chi connectivity index (χ4v) is 3.94. The van der Waals surface area contributed by atoms with Gasteiger partial charge >= 0.3 is 0 Å². The molecule has 0 amide bonds. The molecule has 4 rings (SSSR count). The lowest BCUT2D eigenvalue weighted by atomic mass is 9.95. The molecule has 0 spiro atoms. The SMILES string of the molecule is Cn1ccc(-c2noc(-c3c(N)sc4c3CCCC4)n2)n1. The highest BCUT2D eigenvalue weighted by Gasteiger charge is 2.24. The van der Waals surface area contributed by atoms with Crippen LogP contribution in [0.1, 0.15) is 23.3 Å². The highest BCUT2D eigenvalue weighted by molar-refractivity contribution is 7.16. The van der Waals surface area contributed by atoms with Crippen molar-refractivity contribution in [3.8, 4) is 23.0 Å². The summed E-state index contributed by atoms with van der Waals surface area (Å²) in [6.45, 7) is 0. The van der Waals surface area contributed by atoms with Crippen LogP contribution in [-0.2, 0) is 19.9 Å². The molecule has 0 aliphatic heterocycles. The second-order valence-corrected chi connectivity index (χ2v) is 6.38. The molecule has 0 fully saturated rings. The van der Waals surface area contributed by atoms with Crippen LogP contribution in [0.4, 0.5) is 5.00 Å². The number of aromatic nitrogens is 4. The maximum atomic E-state index is 6.18. The van der Waals surface area contributed by atoms with E-state index in [0.29, 0.717) is 17.4 Å². The second kappa shape index (κ2) is 4.70. The molecule has 0 saturated heterocycles. The van der Waals surface area contributed by atoms with Crippen molar-refractivity contribution in [3.05, 3.63) is 22.7 Å². The number of rotatable bonds is 2. The van der Waals surface area contributed by atoms with Crippen LogP contribution in [0.25, 0.3) is 23.0 Å². The van der Waals surface area contributed by atoms with E-state index in [1.165, 1.54) is 23.3 Å². The van der Waals surface area contributed by atoms with Gasteiger partial charge in [-0.1, -0.05) is 5.16 Å². The van der Waals surface area contributed by atoms with Crippen LogP contribution in [0.15, 0.2) is 16.8 Å². The van der Waals surface area contributed by atoms with Crippen molar-refractivity contribution in [2.45, 2.75) is 25.7 Å². The molecule has 0 bridgehead atoms. The number of fused-ring (bicyclic) bond motifs is 1. The molecule has 108 valence electrons. The molecule has 7 heteroatoms. The van der Waals surface area contributed by atoms with Crippen LogP contribution in [-0.4, -0.2) is 19.9 Å². The summed E-state index contributed by atoms with van der Waals surface area (Å²) in [5.74, 6) is 1.01. The van der Waals surface area contributed by atoms with Gasteiger partial charge in [0.2, 0.25) is 5.82 Å². The average molecular weight is 301 g/mol. The van der Waals surface area contributed by atoms with E-state index < -0.39 is 0 Å². The lowest BCUT2D eigenvalue weighted by molar-refractivity contribution is 0.431. The van der Waals surface area contributed by atoms with Crippen LogP contribution < -0.4 is 5.73 Å². The zero-order valence-electron chi connectivity index (χ0n) is 11.7. The van der Waals surface area contributed by atoms with Gasteiger partial charge < -0.3 is 10.3 Å². The number of hydrogen-bond acceptors (Lipinski definition) is 6. The topological polar surface area (TPSA) is 82.8 Å². The number of nitrogens with two attached hydrogens (primary N) is 1. The lowest BCUT2D eigenvalue weighted by Gasteiger charge is -2.10. The van der Waals surface area contributed by atoms with Crippen molar-refractivity contribution >= 4 is 16.3 Å². The van der Waals surface area contributed by atoms with E-state index in [-0.39, 0.29) is 0 Å². The summed E-state index contributed by atoms with van der Waals surface area (Å²) in [5, 5.41) is 9.10. The van der Waals surface area contributed by atoms with Crippen LogP contribution >= 0.6 is 11.3 Å². The lowest BCUT2D eigenvalue weighted by Crippen LogP contribution is -1.99. The van der Waals surface area contributed by atoms with E-state index in [1.807, 2.05) is 19.3 Å². The van der Waals surface area contributed by atoms with Crippen LogP contribution in [0.3, 0.4) is 0 Å². The Labute approximate surface area is 125 Å². The average Bonchev–Trinajstić information content (AvgIpc) is 3.15. The van der Waals surface area contributed by atoms with Gasteiger partial charge in [0.25, 0.3) is 5.89 Å². The maximum absolute atomic E-state index is 6.18. The van der Waals surface area contributed by atoms with Crippen molar-refractivity contribution in [1.29, 1.82) is 0 Å². The van der Waals surface area contributed by atoms with Gasteiger partial charge in [-0.05, 0) is 37.3 Å². The van der Waals surface area contributed by atoms with E-state index in [1.54, 1.807) is 16.0 Å². The molecular weight excluding hydrogens is 286 g/mol. The van der Waals surface area contributed by atoms with Gasteiger partial charge in [-0.15, -0.1) is 11.3 Å². The molecular formula is C14H15N5OS. The first-order valence-corrected chi connectivity index (χ1v) is 7.78. The Hall–Kier alpha value is -2.15. The van der Waals surface area contributed by atoms with E-state index >= 15 is 0 Å². The number of thiophene rings is 1. The molecule has 0 radical (unpaired) electrons. The van der Waals surface area contributed by atoms with Gasteiger partial charge in [-0.25, -0.2) is 0 Å². The van der Waals surface area contributed by atoms with Crippen molar-refractivity contribution in [2.24, 2.45) is 7.05 Å². The Morgan fingerprint density at radius 3 is 3.00 bits per heavy atom. The van der Waals surface area contributed by atoms with Gasteiger partial charge in [0.15, 0.2) is 0 Å². The molecule has 0 aromatic carbocycles. The molecule has 3 aromatic rings. The summed E-state index contributed by atoms with van der Waals surface area (Å²) in [4.78, 5) is 5.85. The number of aryl methyl sites for hydroxylation is 2. The largest absolute Gasteiger partial charge is 0.390 e. The molecule has 3 aromatic heterocycles. The Bertz CT molecular complexity index is 800. The number of nitrogens with zero attached hydrogens (tertiary/aromatic N) is 4. The number of hydrogen-bond donors (Lipinski definition) is 1. The smallest absolute Gasteiger partial charge is 0.261 e. The molecule has 2 N–H and O–H groups in total. The van der Waals surface area contributed by atoms with Gasteiger partial charge in [-0.3, -0.25) is 4.68 Å². The normalized spacial score (nSPS) is 14.3. The van der Waals surface area contributed by atoms with Gasteiger partial charge in [0.1, 0.15) is 5.69 Å². The first-order valence-electron chi connectivity index (χ1n) is 6.96. The monoisotopic (exact) mass is 301 g/mol.